The van der Waals surface area contributed by atoms with Gasteiger partial charge in [0.15, 0.2) is 0 Å². The number of fused-ring (bicyclic) bond motifs is 1. The summed E-state index contributed by atoms with van der Waals surface area (Å²) in [6.07, 6.45) is 1.39. The summed E-state index contributed by atoms with van der Waals surface area (Å²) in [5.41, 5.74) is 7.79. The maximum absolute atomic E-state index is 13.1. The molecular formula is C37H35N3O5. The molecule has 0 aromatic heterocycles. The Hall–Kier alpha value is -5.37. The number of aromatic hydroxyl groups is 1. The van der Waals surface area contributed by atoms with Crippen molar-refractivity contribution in [3.8, 4) is 11.5 Å². The van der Waals surface area contributed by atoms with Gasteiger partial charge in [-0.25, -0.2) is 0 Å². The van der Waals surface area contributed by atoms with Crippen LogP contribution in [0.2, 0.25) is 0 Å². The number of piperidine rings is 1. The summed E-state index contributed by atoms with van der Waals surface area (Å²) in [5, 5.41) is 15.6. The Labute approximate surface area is 262 Å². The molecule has 0 saturated carbocycles. The van der Waals surface area contributed by atoms with E-state index in [-0.39, 0.29) is 24.0 Å². The minimum Gasteiger partial charge on any atom is -0.508 e. The van der Waals surface area contributed by atoms with E-state index in [9.17, 15) is 19.5 Å². The maximum atomic E-state index is 13.1. The van der Waals surface area contributed by atoms with E-state index in [1.165, 1.54) is 5.57 Å². The Bertz CT molecular complexity index is 1750. The van der Waals surface area contributed by atoms with Crippen molar-refractivity contribution in [2.75, 3.05) is 18.5 Å². The van der Waals surface area contributed by atoms with Gasteiger partial charge in [-0.3, -0.25) is 19.7 Å². The molecule has 45 heavy (non-hydrogen) atoms. The van der Waals surface area contributed by atoms with Crippen molar-refractivity contribution in [2.45, 2.75) is 38.8 Å². The van der Waals surface area contributed by atoms with Crippen LogP contribution in [0.25, 0.3) is 11.1 Å². The third-order valence-electron chi connectivity index (χ3n) is 8.34. The zero-order chi connectivity index (χ0) is 31.3. The van der Waals surface area contributed by atoms with Crippen molar-refractivity contribution >= 4 is 34.6 Å². The molecule has 3 N–H and O–H groups in total. The van der Waals surface area contributed by atoms with Gasteiger partial charge in [0.1, 0.15) is 24.1 Å². The van der Waals surface area contributed by atoms with Crippen LogP contribution in [-0.4, -0.2) is 46.9 Å². The highest BCUT2D eigenvalue weighted by Crippen LogP contribution is 2.36. The van der Waals surface area contributed by atoms with Crippen molar-refractivity contribution in [1.29, 1.82) is 0 Å². The molecule has 1 atom stereocenters. The van der Waals surface area contributed by atoms with Crippen LogP contribution >= 0.6 is 0 Å². The molecule has 0 spiro atoms. The molecule has 1 unspecified atom stereocenters. The first-order valence-electron chi connectivity index (χ1n) is 15.2. The number of phenolic OH excluding ortho intramolecular Hbond substituents is 1. The molecule has 0 radical (unpaired) electrons. The topological polar surface area (TPSA) is 108 Å². The summed E-state index contributed by atoms with van der Waals surface area (Å²) in [6, 6.07) is 30.6. The zero-order valence-corrected chi connectivity index (χ0v) is 25.1. The number of anilines is 1. The molecule has 4 aromatic rings. The average Bonchev–Trinajstić information content (AvgIpc) is 3.39. The lowest BCUT2D eigenvalue weighted by molar-refractivity contribution is -0.136. The number of nitrogens with zero attached hydrogens (tertiary/aromatic N) is 1. The highest BCUT2D eigenvalue weighted by Gasteiger charge is 2.39. The minimum absolute atomic E-state index is 0.196. The molecule has 2 aliphatic heterocycles. The van der Waals surface area contributed by atoms with E-state index in [1.807, 2.05) is 54.6 Å². The average molecular weight is 602 g/mol. The lowest BCUT2D eigenvalue weighted by atomic mass is 9.88. The number of allylic oxidation sites excluding steroid dienone is 1. The van der Waals surface area contributed by atoms with Gasteiger partial charge in [-0.15, -0.1) is 0 Å². The van der Waals surface area contributed by atoms with Crippen molar-refractivity contribution in [3.05, 3.63) is 125 Å². The number of hydrogen-bond acceptors (Lipinski definition) is 6. The van der Waals surface area contributed by atoms with Crippen LogP contribution in [0.3, 0.4) is 0 Å². The molecule has 2 aliphatic rings. The quantitative estimate of drug-likeness (QED) is 0.117. The van der Waals surface area contributed by atoms with Crippen LogP contribution in [0.1, 0.15) is 58.8 Å². The highest BCUT2D eigenvalue weighted by atomic mass is 16.5. The summed E-state index contributed by atoms with van der Waals surface area (Å²) >= 11 is 0. The van der Waals surface area contributed by atoms with Crippen molar-refractivity contribution < 1.29 is 24.2 Å². The summed E-state index contributed by atoms with van der Waals surface area (Å²) in [6.45, 7) is 3.37. The first-order valence-corrected chi connectivity index (χ1v) is 15.2. The molecule has 8 heteroatoms. The fraction of sp³-hybridized carbons (Fsp3) is 0.216. The molecule has 2 heterocycles. The number of phenols is 1. The third kappa shape index (κ3) is 6.31. The molecular weight excluding hydrogens is 566 g/mol. The second-order valence-corrected chi connectivity index (χ2v) is 11.2. The number of rotatable bonds is 10. The number of hydrogen-bond donors (Lipinski definition) is 3. The predicted octanol–water partition coefficient (Wildman–Crippen LogP) is 6.01. The Morgan fingerprint density at radius 3 is 2.29 bits per heavy atom. The van der Waals surface area contributed by atoms with E-state index in [1.54, 1.807) is 23.1 Å². The van der Waals surface area contributed by atoms with E-state index in [0.717, 1.165) is 45.7 Å². The largest absolute Gasteiger partial charge is 0.508 e. The van der Waals surface area contributed by atoms with E-state index in [0.29, 0.717) is 31.7 Å². The second kappa shape index (κ2) is 13.1. The van der Waals surface area contributed by atoms with Crippen molar-refractivity contribution in [3.63, 3.8) is 0 Å². The van der Waals surface area contributed by atoms with Crippen LogP contribution in [0.15, 0.2) is 97.1 Å². The van der Waals surface area contributed by atoms with E-state index >= 15 is 0 Å². The van der Waals surface area contributed by atoms with Gasteiger partial charge in [0.05, 0.1) is 0 Å². The normalized spacial score (nSPS) is 16.6. The minimum atomic E-state index is -0.646. The Kier molecular flexibility index (Phi) is 8.64. The number of carbonyl (C=O) groups excluding carboxylic acids is 3. The van der Waals surface area contributed by atoms with Gasteiger partial charge in [0, 0.05) is 36.3 Å². The highest BCUT2D eigenvalue weighted by molar-refractivity contribution is 6.06. The van der Waals surface area contributed by atoms with Gasteiger partial charge >= 0.3 is 0 Å². The molecule has 3 amide bonds. The van der Waals surface area contributed by atoms with Gasteiger partial charge < -0.3 is 20.1 Å². The fourth-order valence-electron chi connectivity index (χ4n) is 6.13. The van der Waals surface area contributed by atoms with Crippen LogP contribution in [0.4, 0.5) is 5.69 Å². The second-order valence-electron chi connectivity index (χ2n) is 11.2. The summed E-state index contributed by atoms with van der Waals surface area (Å²) in [5.74, 6) is 0.0500. The standard InChI is InChI=1S/C37H35N3O5/c1-2-29(24-7-4-3-5-8-24)35(25-11-15-27(41)16-12-25)26-13-17-28(18-14-26)45-22-21-38-32-10-6-9-30-31(32)23-40(37(30)44)33-19-20-34(42)39-36(33)43/h3-18,33,38,41H,2,19-23H2,1H3,(H,39,42,43). The zero-order valence-electron chi connectivity index (χ0n) is 25.1. The first-order chi connectivity index (χ1) is 21.9. The number of imide groups is 1. The van der Waals surface area contributed by atoms with Crippen molar-refractivity contribution in [1.82, 2.24) is 10.2 Å². The number of ether oxygens (including phenoxy) is 1. The molecule has 8 nitrogen and oxygen atoms in total. The van der Waals surface area contributed by atoms with Crippen LogP contribution < -0.4 is 15.4 Å². The van der Waals surface area contributed by atoms with Gasteiger partial charge in [-0.05, 0) is 77.1 Å². The van der Waals surface area contributed by atoms with Crippen LogP contribution in [0, 0.1) is 0 Å². The summed E-state index contributed by atoms with van der Waals surface area (Å²) in [4.78, 5) is 38.6. The molecule has 0 aliphatic carbocycles. The molecule has 1 saturated heterocycles. The van der Waals surface area contributed by atoms with E-state index in [2.05, 4.69) is 41.8 Å². The molecule has 4 aromatic carbocycles. The maximum Gasteiger partial charge on any atom is 0.255 e. The summed E-state index contributed by atoms with van der Waals surface area (Å²) in [7, 11) is 0. The molecule has 6 rings (SSSR count). The van der Waals surface area contributed by atoms with Gasteiger partial charge in [-0.2, -0.15) is 0 Å². The summed E-state index contributed by atoms with van der Waals surface area (Å²) < 4.78 is 6.06. The lowest BCUT2D eigenvalue weighted by Gasteiger charge is -2.29. The first kappa shape index (κ1) is 29.7. The molecule has 0 bridgehead atoms. The fourth-order valence-corrected chi connectivity index (χ4v) is 6.13. The van der Waals surface area contributed by atoms with Gasteiger partial charge in [0.2, 0.25) is 11.8 Å². The molecule has 1 fully saturated rings. The SMILES string of the molecule is CCC(=C(c1ccc(O)cc1)c1ccc(OCCNc2cccc3c2CN(C2CCC(=O)NC2=O)C3=O)cc1)c1ccccc1. The van der Waals surface area contributed by atoms with Gasteiger partial charge in [-0.1, -0.05) is 67.6 Å². The smallest absolute Gasteiger partial charge is 0.255 e. The monoisotopic (exact) mass is 601 g/mol. The van der Waals surface area contributed by atoms with Crippen LogP contribution in [-0.2, 0) is 16.1 Å². The number of nitrogens with one attached hydrogen (secondary N) is 2. The number of carbonyl (C=O) groups is 3. The van der Waals surface area contributed by atoms with E-state index in [4.69, 9.17) is 4.74 Å². The lowest BCUT2D eigenvalue weighted by Crippen LogP contribution is -2.52. The predicted molar refractivity (Wildman–Crippen MR) is 174 cm³/mol. The Morgan fingerprint density at radius 1 is 0.889 bits per heavy atom. The Balaban J connectivity index is 1.13. The number of amides is 3. The van der Waals surface area contributed by atoms with E-state index < -0.39 is 11.9 Å². The van der Waals surface area contributed by atoms with Crippen LogP contribution in [0.5, 0.6) is 11.5 Å². The Morgan fingerprint density at radius 2 is 1.60 bits per heavy atom. The van der Waals surface area contributed by atoms with Gasteiger partial charge in [0.25, 0.3) is 5.91 Å². The number of benzene rings is 4. The molecule has 228 valence electrons. The van der Waals surface area contributed by atoms with Crippen molar-refractivity contribution in [2.24, 2.45) is 0 Å². The third-order valence-corrected chi connectivity index (χ3v) is 8.34.